The summed E-state index contributed by atoms with van der Waals surface area (Å²) in [7, 11) is 0. The Kier molecular flexibility index (Phi) is 6.01. The van der Waals surface area contributed by atoms with Crippen LogP contribution in [0.5, 0.6) is 0 Å². The SMILES string of the molecule is Cc1noc(-c2c(N3CCC(NC4CCOCC4)CC3)nc3c(F)cc(Cl)cc3c2C)n1. The van der Waals surface area contributed by atoms with E-state index in [1.54, 1.807) is 13.0 Å². The summed E-state index contributed by atoms with van der Waals surface area (Å²) in [5.74, 6) is 1.19. The molecule has 4 heterocycles. The van der Waals surface area contributed by atoms with Crippen LogP contribution in [0.25, 0.3) is 22.4 Å². The van der Waals surface area contributed by atoms with E-state index >= 15 is 0 Å². The Morgan fingerprint density at radius 1 is 1.06 bits per heavy atom. The monoisotopic (exact) mass is 459 g/mol. The molecule has 0 amide bonds. The van der Waals surface area contributed by atoms with E-state index < -0.39 is 5.82 Å². The number of hydrogen-bond donors (Lipinski definition) is 1. The fourth-order valence-electron chi connectivity index (χ4n) is 4.77. The Morgan fingerprint density at radius 3 is 2.47 bits per heavy atom. The Morgan fingerprint density at radius 2 is 1.78 bits per heavy atom. The molecule has 2 aliphatic heterocycles. The van der Waals surface area contributed by atoms with Crippen LogP contribution in [0.4, 0.5) is 10.2 Å². The van der Waals surface area contributed by atoms with Crippen molar-refractivity contribution in [3.63, 3.8) is 0 Å². The first-order valence-corrected chi connectivity index (χ1v) is 11.6. The summed E-state index contributed by atoms with van der Waals surface area (Å²) < 4.78 is 25.8. The van der Waals surface area contributed by atoms with Crippen LogP contribution in [0.1, 0.15) is 37.1 Å². The number of pyridine rings is 1. The lowest BCUT2D eigenvalue weighted by Gasteiger charge is -2.36. The molecule has 0 atom stereocenters. The minimum Gasteiger partial charge on any atom is -0.381 e. The smallest absolute Gasteiger partial charge is 0.261 e. The molecule has 170 valence electrons. The van der Waals surface area contributed by atoms with Crippen LogP contribution in [0.3, 0.4) is 0 Å². The summed E-state index contributed by atoms with van der Waals surface area (Å²) in [5, 5.41) is 8.74. The molecule has 2 saturated heterocycles. The minimum absolute atomic E-state index is 0.310. The van der Waals surface area contributed by atoms with Crippen molar-refractivity contribution in [1.29, 1.82) is 0 Å². The molecule has 0 aliphatic carbocycles. The second-order valence-electron chi connectivity index (χ2n) is 8.68. The first kappa shape index (κ1) is 21.6. The van der Waals surface area contributed by atoms with Gasteiger partial charge in [0.25, 0.3) is 5.89 Å². The zero-order valence-corrected chi connectivity index (χ0v) is 19.1. The highest BCUT2D eigenvalue weighted by Crippen LogP contribution is 2.38. The normalized spacial score (nSPS) is 18.6. The van der Waals surface area contributed by atoms with Crippen LogP contribution in [-0.4, -0.2) is 53.5 Å². The summed E-state index contributed by atoms with van der Waals surface area (Å²) in [5.41, 5.74) is 1.89. The van der Waals surface area contributed by atoms with Crippen molar-refractivity contribution in [3.05, 3.63) is 34.4 Å². The maximum absolute atomic E-state index is 14.8. The molecule has 2 fully saturated rings. The summed E-state index contributed by atoms with van der Waals surface area (Å²) in [6.45, 7) is 7.00. The van der Waals surface area contributed by atoms with Crippen LogP contribution in [0.2, 0.25) is 5.02 Å². The van der Waals surface area contributed by atoms with Crippen LogP contribution in [-0.2, 0) is 4.74 Å². The molecule has 0 spiro atoms. The molecule has 3 aromatic rings. The van der Waals surface area contributed by atoms with Gasteiger partial charge in [0.2, 0.25) is 0 Å². The highest BCUT2D eigenvalue weighted by molar-refractivity contribution is 6.31. The quantitative estimate of drug-likeness (QED) is 0.618. The Balaban J connectivity index is 1.47. The number of anilines is 1. The molecule has 5 rings (SSSR count). The van der Waals surface area contributed by atoms with Gasteiger partial charge in [-0.1, -0.05) is 16.8 Å². The van der Waals surface area contributed by atoms with Crippen LogP contribution >= 0.6 is 11.6 Å². The molecular formula is C23H27ClFN5O2. The number of rotatable bonds is 4. The average Bonchev–Trinajstić information content (AvgIpc) is 3.21. The first-order valence-electron chi connectivity index (χ1n) is 11.2. The molecule has 2 aromatic heterocycles. The third kappa shape index (κ3) is 4.19. The van der Waals surface area contributed by atoms with Gasteiger partial charge in [0.15, 0.2) is 11.6 Å². The number of aryl methyl sites for hydroxylation is 2. The number of nitrogens with one attached hydrogen (secondary N) is 1. The van der Waals surface area contributed by atoms with Crippen molar-refractivity contribution in [1.82, 2.24) is 20.4 Å². The van der Waals surface area contributed by atoms with Gasteiger partial charge in [0.05, 0.1) is 5.56 Å². The second kappa shape index (κ2) is 8.92. The first-order chi connectivity index (χ1) is 15.5. The Bertz CT molecular complexity index is 1120. The van der Waals surface area contributed by atoms with E-state index in [2.05, 4.69) is 20.4 Å². The minimum atomic E-state index is -0.429. The van der Waals surface area contributed by atoms with E-state index in [9.17, 15) is 4.39 Å². The molecular weight excluding hydrogens is 433 g/mol. The van der Waals surface area contributed by atoms with Gasteiger partial charge in [-0.05, 0) is 57.2 Å². The number of ether oxygens (including phenoxy) is 1. The summed E-state index contributed by atoms with van der Waals surface area (Å²) in [4.78, 5) is 11.4. The molecule has 32 heavy (non-hydrogen) atoms. The van der Waals surface area contributed by atoms with Crippen LogP contribution in [0, 0.1) is 19.7 Å². The number of nitrogens with zero attached hydrogens (tertiary/aromatic N) is 4. The third-order valence-corrected chi connectivity index (χ3v) is 6.70. The van der Waals surface area contributed by atoms with Gasteiger partial charge in [0, 0.05) is 48.8 Å². The molecule has 0 radical (unpaired) electrons. The maximum atomic E-state index is 14.8. The van der Waals surface area contributed by atoms with Crippen molar-refractivity contribution in [2.75, 3.05) is 31.2 Å². The number of aromatic nitrogens is 3. The van der Waals surface area contributed by atoms with Gasteiger partial charge in [-0.15, -0.1) is 0 Å². The van der Waals surface area contributed by atoms with Crippen molar-refractivity contribution >= 4 is 28.3 Å². The van der Waals surface area contributed by atoms with E-state index in [1.807, 2.05) is 6.92 Å². The Hall–Kier alpha value is -2.29. The number of halogens is 2. The van der Waals surface area contributed by atoms with E-state index in [0.29, 0.717) is 45.5 Å². The molecule has 1 N–H and O–H groups in total. The van der Waals surface area contributed by atoms with Gasteiger partial charge >= 0.3 is 0 Å². The molecule has 0 unspecified atom stereocenters. The van der Waals surface area contributed by atoms with Crippen LogP contribution < -0.4 is 10.2 Å². The number of piperidine rings is 1. The molecule has 7 nitrogen and oxygen atoms in total. The zero-order chi connectivity index (χ0) is 22.2. The van der Waals surface area contributed by atoms with Gasteiger partial charge in [-0.3, -0.25) is 0 Å². The zero-order valence-electron chi connectivity index (χ0n) is 18.3. The standard InChI is InChI=1S/C23H27ClFN5O2/c1-13-18-11-15(24)12-19(25)21(18)28-22(20(13)23-26-14(2)29-32-23)30-7-3-16(4-8-30)27-17-5-9-31-10-6-17/h11-12,16-17,27H,3-10H2,1-2H3. The van der Waals surface area contributed by atoms with E-state index in [1.165, 1.54) is 6.07 Å². The summed E-state index contributed by atoms with van der Waals surface area (Å²) in [6, 6.07) is 4.03. The summed E-state index contributed by atoms with van der Waals surface area (Å²) >= 11 is 6.14. The fourth-order valence-corrected chi connectivity index (χ4v) is 4.97. The number of hydrogen-bond acceptors (Lipinski definition) is 7. The number of fused-ring (bicyclic) bond motifs is 1. The van der Waals surface area contributed by atoms with Crippen molar-refractivity contribution < 1.29 is 13.7 Å². The molecule has 9 heteroatoms. The summed E-state index contributed by atoms with van der Waals surface area (Å²) in [6.07, 6.45) is 4.10. The van der Waals surface area contributed by atoms with Gasteiger partial charge in [-0.2, -0.15) is 4.98 Å². The molecule has 0 saturated carbocycles. The van der Waals surface area contributed by atoms with Crippen molar-refractivity contribution in [2.24, 2.45) is 0 Å². The van der Waals surface area contributed by atoms with Crippen molar-refractivity contribution in [3.8, 4) is 11.5 Å². The highest BCUT2D eigenvalue weighted by Gasteiger charge is 2.28. The predicted octanol–water partition coefficient (Wildman–Crippen LogP) is 4.43. The van der Waals surface area contributed by atoms with Gasteiger partial charge in [-0.25, -0.2) is 9.37 Å². The topological polar surface area (TPSA) is 76.3 Å². The van der Waals surface area contributed by atoms with E-state index in [0.717, 1.165) is 63.1 Å². The average molecular weight is 460 g/mol. The lowest BCUT2D eigenvalue weighted by molar-refractivity contribution is 0.0738. The van der Waals surface area contributed by atoms with Crippen LogP contribution in [0.15, 0.2) is 16.7 Å². The lowest BCUT2D eigenvalue weighted by Crippen LogP contribution is -2.48. The predicted molar refractivity (Wildman–Crippen MR) is 122 cm³/mol. The molecule has 1 aromatic carbocycles. The maximum Gasteiger partial charge on any atom is 0.261 e. The van der Waals surface area contributed by atoms with Crippen molar-refractivity contribution in [2.45, 2.75) is 51.6 Å². The highest BCUT2D eigenvalue weighted by atomic mass is 35.5. The third-order valence-electron chi connectivity index (χ3n) is 6.48. The largest absolute Gasteiger partial charge is 0.381 e. The van der Waals surface area contributed by atoms with Gasteiger partial charge < -0.3 is 19.5 Å². The second-order valence-corrected chi connectivity index (χ2v) is 9.12. The van der Waals surface area contributed by atoms with E-state index in [-0.39, 0.29) is 0 Å². The lowest BCUT2D eigenvalue weighted by atomic mass is 9.99. The van der Waals surface area contributed by atoms with Gasteiger partial charge in [0.1, 0.15) is 11.3 Å². The molecule has 2 aliphatic rings. The number of benzene rings is 1. The fraction of sp³-hybridized carbons (Fsp3) is 0.522. The molecule has 0 bridgehead atoms. The Labute approximate surface area is 191 Å². The van der Waals surface area contributed by atoms with E-state index in [4.69, 9.17) is 25.8 Å².